The first-order chi connectivity index (χ1) is 12.6. The molecule has 1 aromatic rings. The Kier molecular flexibility index (Phi) is 6.74. The third-order valence-electron chi connectivity index (χ3n) is 4.45. The molecule has 1 N–H and O–H groups in total. The van der Waals surface area contributed by atoms with Crippen LogP contribution in [-0.4, -0.2) is 57.5 Å². The highest BCUT2D eigenvalue weighted by atomic mass is 32.2. The van der Waals surface area contributed by atoms with Gasteiger partial charge in [0.05, 0.1) is 10.5 Å². The summed E-state index contributed by atoms with van der Waals surface area (Å²) < 4.78 is 64.1. The summed E-state index contributed by atoms with van der Waals surface area (Å²) in [6.45, 7) is 3.75. The minimum atomic E-state index is -4.55. The van der Waals surface area contributed by atoms with Gasteiger partial charge < -0.3 is 10.2 Å². The molecule has 1 aromatic carbocycles. The molecule has 1 amide bonds. The average Bonchev–Trinajstić information content (AvgIpc) is 3.13. The maximum absolute atomic E-state index is 12.7. The van der Waals surface area contributed by atoms with Crippen LogP contribution in [0.3, 0.4) is 0 Å². The minimum Gasteiger partial charge on any atom is -0.371 e. The van der Waals surface area contributed by atoms with Gasteiger partial charge in [-0.1, -0.05) is 13.8 Å². The molecule has 0 radical (unpaired) electrons. The molecule has 6 nitrogen and oxygen atoms in total. The molecule has 1 saturated heterocycles. The van der Waals surface area contributed by atoms with E-state index in [1.54, 1.807) is 13.8 Å². The molecule has 0 atom stereocenters. The van der Waals surface area contributed by atoms with Crippen molar-refractivity contribution >= 4 is 21.6 Å². The number of sulfonamides is 1. The summed E-state index contributed by atoms with van der Waals surface area (Å²) in [6, 6.07) is 4.08. The molecule has 0 spiro atoms. The van der Waals surface area contributed by atoms with Gasteiger partial charge >= 0.3 is 6.18 Å². The second-order valence-electron chi connectivity index (χ2n) is 6.26. The number of carbonyl (C=O) groups excluding carboxylic acids is 1. The third kappa shape index (κ3) is 5.13. The number of anilines is 1. The van der Waals surface area contributed by atoms with Crippen molar-refractivity contribution in [2.75, 3.05) is 37.6 Å². The van der Waals surface area contributed by atoms with Crippen molar-refractivity contribution in [1.82, 2.24) is 9.62 Å². The van der Waals surface area contributed by atoms with Crippen LogP contribution in [0, 0.1) is 0 Å². The van der Waals surface area contributed by atoms with Crippen molar-refractivity contribution in [3.05, 3.63) is 23.8 Å². The van der Waals surface area contributed by atoms with Crippen LogP contribution < -0.4 is 10.2 Å². The van der Waals surface area contributed by atoms with Gasteiger partial charge in [0, 0.05) is 31.9 Å². The van der Waals surface area contributed by atoms with Crippen molar-refractivity contribution in [2.45, 2.75) is 37.8 Å². The number of rotatable bonds is 7. The quantitative estimate of drug-likeness (QED) is 0.754. The number of halogens is 3. The maximum atomic E-state index is 12.7. The predicted octanol–water partition coefficient (Wildman–Crippen LogP) is 2.61. The van der Waals surface area contributed by atoms with Crippen molar-refractivity contribution in [2.24, 2.45) is 0 Å². The molecule has 1 aliphatic rings. The Morgan fingerprint density at radius 3 is 2.30 bits per heavy atom. The molecule has 0 aromatic heterocycles. The SMILES string of the molecule is CCN(CC)S(=O)(=O)c1ccc(N2CCCC2)c(C(=O)NCC(F)(F)F)c1. The van der Waals surface area contributed by atoms with E-state index in [1.807, 2.05) is 10.2 Å². The number of benzene rings is 1. The number of alkyl halides is 3. The zero-order valence-corrected chi connectivity index (χ0v) is 16.2. The van der Waals surface area contributed by atoms with Crippen LogP contribution >= 0.6 is 0 Å². The highest BCUT2D eigenvalue weighted by Crippen LogP contribution is 2.28. The second-order valence-corrected chi connectivity index (χ2v) is 8.20. The van der Waals surface area contributed by atoms with Crippen LogP contribution in [0.5, 0.6) is 0 Å². The van der Waals surface area contributed by atoms with Crippen molar-refractivity contribution in [1.29, 1.82) is 0 Å². The number of hydrogen-bond donors (Lipinski definition) is 1. The van der Waals surface area contributed by atoms with Crippen LogP contribution in [0.1, 0.15) is 37.0 Å². The fourth-order valence-corrected chi connectivity index (χ4v) is 4.56. The number of hydrogen-bond acceptors (Lipinski definition) is 4. The molecule has 0 bridgehead atoms. The fraction of sp³-hybridized carbons (Fsp3) is 0.588. The molecule has 0 unspecified atom stereocenters. The van der Waals surface area contributed by atoms with E-state index in [9.17, 15) is 26.4 Å². The number of nitrogens with one attached hydrogen (secondary N) is 1. The van der Waals surface area contributed by atoms with E-state index < -0.39 is 28.7 Å². The molecule has 1 heterocycles. The number of nitrogens with zero attached hydrogens (tertiary/aromatic N) is 2. The molecule has 27 heavy (non-hydrogen) atoms. The van der Waals surface area contributed by atoms with Crippen LogP contribution in [0.2, 0.25) is 0 Å². The van der Waals surface area contributed by atoms with Gasteiger partial charge in [-0.05, 0) is 31.0 Å². The molecule has 1 aliphatic heterocycles. The predicted molar refractivity (Wildman–Crippen MR) is 96.4 cm³/mol. The summed E-state index contributed by atoms with van der Waals surface area (Å²) in [4.78, 5) is 14.2. The van der Waals surface area contributed by atoms with E-state index in [1.165, 1.54) is 22.5 Å². The van der Waals surface area contributed by atoms with Gasteiger partial charge in [0.1, 0.15) is 6.54 Å². The Hall–Kier alpha value is -1.81. The summed E-state index contributed by atoms with van der Waals surface area (Å²) in [5, 5.41) is 1.84. The first-order valence-electron chi connectivity index (χ1n) is 8.84. The van der Waals surface area contributed by atoms with Gasteiger partial charge in [0.2, 0.25) is 10.0 Å². The Bertz CT molecular complexity index is 771. The van der Waals surface area contributed by atoms with Crippen molar-refractivity contribution in [3.8, 4) is 0 Å². The lowest BCUT2D eigenvalue weighted by Gasteiger charge is -2.23. The van der Waals surface area contributed by atoms with E-state index in [4.69, 9.17) is 0 Å². The number of carbonyl (C=O) groups is 1. The summed E-state index contributed by atoms with van der Waals surface area (Å²) in [6.07, 6.45) is -2.74. The average molecular weight is 407 g/mol. The molecular formula is C17H24F3N3O3S. The van der Waals surface area contributed by atoms with Gasteiger partial charge in [-0.25, -0.2) is 8.42 Å². The van der Waals surface area contributed by atoms with Gasteiger partial charge in [-0.3, -0.25) is 4.79 Å². The summed E-state index contributed by atoms with van der Waals surface area (Å²) in [7, 11) is -3.83. The zero-order valence-electron chi connectivity index (χ0n) is 15.3. The Labute approximate surface area is 157 Å². The largest absolute Gasteiger partial charge is 0.405 e. The lowest BCUT2D eigenvalue weighted by molar-refractivity contribution is -0.123. The molecule has 0 aliphatic carbocycles. The van der Waals surface area contributed by atoms with E-state index in [0.717, 1.165) is 12.8 Å². The Balaban J connectivity index is 2.44. The van der Waals surface area contributed by atoms with Crippen molar-refractivity contribution in [3.63, 3.8) is 0 Å². The highest BCUT2D eigenvalue weighted by molar-refractivity contribution is 7.89. The van der Waals surface area contributed by atoms with E-state index >= 15 is 0 Å². The van der Waals surface area contributed by atoms with E-state index in [2.05, 4.69) is 0 Å². The van der Waals surface area contributed by atoms with Crippen LogP contribution in [0.15, 0.2) is 23.1 Å². The first kappa shape index (κ1) is 21.5. The van der Waals surface area contributed by atoms with Gasteiger partial charge in [0.15, 0.2) is 0 Å². The first-order valence-corrected chi connectivity index (χ1v) is 10.3. The zero-order chi connectivity index (χ0) is 20.2. The van der Waals surface area contributed by atoms with Crippen molar-refractivity contribution < 1.29 is 26.4 Å². The maximum Gasteiger partial charge on any atom is 0.405 e. The molecular weight excluding hydrogens is 383 g/mol. The highest BCUT2D eigenvalue weighted by Gasteiger charge is 2.30. The number of amides is 1. The van der Waals surface area contributed by atoms with E-state index in [-0.39, 0.29) is 23.5 Å². The van der Waals surface area contributed by atoms with Crippen LogP contribution in [0.4, 0.5) is 18.9 Å². The monoisotopic (exact) mass is 407 g/mol. The summed E-state index contributed by atoms with van der Waals surface area (Å²) in [5.74, 6) is -0.939. The van der Waals surface area contributed by atoms with Crippen LogP contribution in [0.25, 0.3) is 0 Å². The van der Waals surface area contributed by atoms with Gasteiger partial charge in [-0.15, -0.1) is 0 Å². The minimum absolute atomic E-state index is 0.0608. The summed E-state index contributed by atoms with van der Waals surface area (Å²) >= 11 is 0. The second kappa shape index (κ2) is 8.47. The normalized spacial score (nSPS) is 15.4. The molecule has 0 saturated carbocycles. The van der Waals surface area contributed by atoms with Crippen LogP contribution in [-0.2, 0) is 10.0 Å². The molecule has 152 valence electrons. The molecule has 2 rings (SSSR count). The lowest BCUT2D eigenvalue weighted by atomic mass is 10.1. The lowest BCUT2D eigenvalue weighted by Crippen LogP contribution is -2.35. The Morgan fingerprint density at radius 1 is 1.19 bits per heavy atom. The summed E-state index contributed by atoms with van der Waals surface area (Å²) in [5.41, 5.74) is 0.389. The molecule has 1 fully saturated rings. The van der Waals surface area contributed by atoms with Gasteiger partial charge in [-0.2, -0.15) is 17.5 Å². The smallest absolute Gasteiger partial charge is 0.371 e. The third-order valence-corrected chi connectivity index (χ3v) is 6.50. The van der Waals surface area contributed by atoms with E-state index in [0.29, 0.717) is 18.8 Å². The fourth-order valence-electron chi connectivity index (χ4n) is 3.08. The standard InChI is InChI=1S/C17H24F3N3O3S/c1-3-23(4-2)27(25,26)13-7-8-15(22-9-5-6-10-22)14(11-13)16(24)21-12-17(18,19)20/h7-8,11H,3-6,9-10,12H2,1-2H3,(H,21,24). The van der Waals surface area contributed by atoms with Gasteiger partial charge in [0.25, 0.3) is 5.91 Å². The molecule has 10 heteroatoms. The Morgan fingerprint density at radius 2 is 1.78 bits per heavy atom. The topological polar surface area (TPSA) is 69.7 Å².